The normalized spacial score (nSPS) is 23.0. The third kappa shape index (κ3) is 11.3. The van der Waals surface area contributed by atoms with Gasteiger partial charge in [0.15, 0.2) is 34.8 Å². The fourth-order valence-electron chi connectivity index (χ4n) is 6.21. The highest BCUT2D eigenvalue weighted by atomic mass is 32.2. The summed E-state index contributed by atoms with van der Waals surface area (Å²) in [6, 6.07) is 12.0. The Morgan fingerprint density at radius 1 is 0.833 bits per heavy atom. The van der Waals surface area contributed by atoms with Crippen LogP contribution in [-0.4, -0.2) is 83.9 Å². The van der Waals surface area contributed by atoms with Crippen LogP contribution in [0.25, 0.3) is 0 Å². The molecule has 11 heteroatoms. The van der Waals surface area contributed by atoms with Gasteiger partial charge in [-0.05, 0) is 85.3 Å². The van der Waals surface area contributed by atoms with E-state index in [2.05, 4.69) is 95.4 Å². The number of sulfone groups is 1. The molecule has 1 aliphatic heterocycles. The van der Waals surface area contributed by atoms with Crippen LogP contribution >= 0.6 is 0 Å². The molecule has 0 bridgehead atoms. The summed E-state index contributed by atoms with van der Waals surface area (Å²) < 4.78 is 61.1. The van der Waals surface area contributed by atoms with Gasteiger partial charge >= 0.3 is 0 Å². The maximum absolute atomic E-state index is 13.8. The van der Waals surface area contributed by atoms with E-state index >= 15 is 0 Å². The van der Waals surface area contributed by atoms with Gasteiger partial charge < -0.3 is 22.8 Å². The molecular weight excluding hydrogens is 673 g/mol. The van der Waals surface area contributed by atoms with Crippen LogP contribution in [0.3, 0.4) is 0 Å². The Morgan fingerprint density at radius 3 is 1.85 bits per heavy atom. The SMILES string of the molecule is CC[Si](CC)(CC)OCCC1OC(C[C@@H](C)[C@@H](CO[Si](C)(C)C(C)(C)C)O[Si](C)(C)C(C)(C)C)[C@H](OC)[C@H]1CS(=O)(=O)c1ccccc1. The van der Waals surface area contributed by atoms with Crippen molar-refractivity contribution in [1.29, 1.82) is 0 Å². The molecule has 1 aliphatic rings. The van der Waals surface area contributed by atoms with Gasteiger partial charge in [-0.3, -0.25) is 0 Å². The minimum Gasteiger partial charge on any atom is -0.417 e. The summed E-state index contributed by atoms with van der Waals surface area (Å²) in [5.41, 5.74) is 0. The molecule has 0 N–H and O–H groups in total. The quantitative estimate of drug-likeness (QED) is 0.131. The van der Waals surface area contributed by atoms with Crippen LogP contribution in [0.1, 0.15) is 82.1 Å². The van der Waals surface area contributed by atoms with Gasteiger partial charge in [0.2, 0.25) is 0 Å². The van der Waals surface area contributed by atoms with Crippen molar-refractivity contribution in [2.24, 2.45) is 11.8 Å². The van der Waals surface area contributed by atoms with Crippen LogP contribution in [0.2, 0.25) is 54.4 Å². The van der Waals surface area contributed by atoms with Gasteiger partial charge in [-0.1, -0.05) is 87.4 Å². The molecule has 1 fully saturated rings. The van der Waals surface area contributed by atoms with E-state index in [-0.39, 0.29) is 52.1 Å². The summed E-state index contributed by atoms with van der Waals surface area (Å²) in [6.07, 6.45) is 0.306. The summed E-state index contributed by atoms with van der Waals surface area (Å²) >= 11 is 0. The van der Waals surface area contributed by atoms with Gasteiger partial charge in [-0.15, -0.1) is 0 Å². The molecule has 2 rings (SSSR count). The molecule has 0 saturated carbocycles. The molecule has 280 valence electrons. The minimum absolute atomic E-state index is 0.0264. The lowest BCUT2D eigenvalue weighted by atomic mass is 9.90. The van der Waals surface area contributed by atoms with Crippen molar-refractivity contribution in [3.8, 4) is 0 Å². The van der Waals surface area contributed by atoms with Crippen molar-refractivity contribution in [3.63, 3.8) is 0 Å². The van der Waals surface area contributed by atoms with E-state index in [0.717, 1.165) is 18.1 Å². The van der Waals surface area contributed by atoms with E-state index in [1.807, 2.05) is 6.07 Å². The van der Waals surface area contributed by atoms with Crippen LogP contribution in [0, 0.1) is 11.8 Å². The number of benzene rings is 1. The highest BCUT2D eigenvalue weighted by Crippen LogP contribution is 2.42. The maximum atomic E-state index is 13.8. The first-order valence-electron chi connectivity index (χ1n) is 18.4. The van der Waals surface area contributed by atoms with Crippen LogP contribution in [-0.2, 0) is 32.6 Å². The number of rotatable bonds is 19. The lowest BCUT2D eigenvalue weighted by Crippen LogP contribution is -2.50. The number of hydrogen-bond acceptors (Lipinski definition) is 7. The van der Waals surface area contributed by atoms with Crippen molar-refractivity contribution in [2.75, 3.05) is 26.1 Å². The monoisotopic (exact) mass is 744 g/mol. The average Bonchev–Trinajstić information content (AvgIpc) is 3.31. The zero-order valence-corrected chi connectivity index (χ0v) is 37.1. The van der Waals surface area contributed by atoms with Crippen molar-refractivity contribution < 1.29 is 31.2 Å². The molecule has 0 aliphatic carbocycles. The van der Waals surface area contributed by atoms with Crippen LogP contribution < -0.4 is 0 Å². The first-order valence-corrected chi connectivity index (χ1v) is 28.4. The van der Waals surface area contributed by atoms with Crippen molar-refractivity contribution in [1.82, 2.24) is 0 Å². The number of hydrogen-bond donors (Lipinski definition) is 0. The Hall–Kier alpha value is -0.379. The highest BCUT2D eigenvalue weighted by Gasteiger charge is 2.49. The lowest BCUT2D eigenvalue weighted by molar-refractivity contribution is -0.0358. The van der Waals surface area contributed by atoms with E-state index in [0.29, 0.717) is 31.0 Å². The average molecular weight is 745 g/mol. The molecule has 2 unspecified atom stereocenters. The number of ether oxygens (including phenoxy) is 2. The minimum atomic E-state index is -3.56. The van der Waals surface area contributed by atoms with Crippen molar-refractivity contribution in [3.05, 3.63) is 30.3 Å². The Labute approximate surface area is 298 Å². The second kappa shape index (κ2) is 17.4. The third-order valence-electron chi connectivity index (χ3n) is 12.1. The van der Waals surface area contributed by atoms with E-state index in [1.54, 1.807) is 31.4 Å². The largest absolute Gasteiger partial charge is 0.417 e. The highest BCUT2D eigenvalue weighted by molar-refractivity contribution is 7.91. The second-order valence-corrected chi connectivity index (χ2v) is 33.6. The van der Waals surface area contributed by atoms with Crippen molar-refractivity contribution >= 4 is 34.8 Å². The van der Waals surface area contributed by atoms with Crippen LogP contribution in [0.15, 0.2) is 35.2 Å². The van der Waals surface area contributed by atoms with Gasteiger partial charge in [-0.2, -0.15) is 0 Å². The molecule has 1 aromatic rings. The Morgan fingerprint density at radius 2 is 1.38 bits per heavy atom. The molecule has 0 radical (unpaired) electrons. The molecule has 1 saturated heterocycles. The zero-order valence-electron chi connectivity index (χ0n) is 33.3. The molecule has 7 nitrogen and oxygen atoms in total. The molecule has 0 spiro atoms. The summed E-state index contributed by atoms with van der Waals surface area (Å²) in [6.45, 7) is 32.8. The predicted molar refractivity (Wildman–Crippen MR) is 208 cm³/mol. The molecule has 48 heavy (non-hydrogen) atoms. The fraction of sp³-hybridized carbons (Fsp3) is 0.838. The summed E-state index contributed by atoms with van der Waals surface area (Å²) in [5.74, 6) is -0.236. The van der Waals surface area contributed by atoms with E-state index in [9.17, 15) is 8.42 Å². The maximum Gasteiger partial charge on any atom is 0.192 e. The molecule has 6 atom stereocenters. The van der Waals surface area contributed by atoms with E-state index in [4.69, 9.17) is 22.8 Å². The van der Waals surface area contributed by atoms with Crippen molar-refractivity contribution in [2.45, 2.75) is 166 Å². The van der Waals surface area contributed by atoms with Crippen LogP contribution in [0.5, 0.6) is 0 Å². The summed E-state index contributed by atoms with van der Waals surface area (Å²) in [5, 5.41) is 0.144. The summed E-state index contributed by atoms with van der Waals surface area (Å²) in [4.78, 5) is 0.339. The van der Waals surface area contributed by atoms with Gasteiger partial charge in [0.1, 0.15) is 0 Å². The molecular formula is C37H72O7SSi3. The molecule has 1 heterocycles. The fourth-order valence-corrected chi connectivity index (χ4v) is 13.0. The third-order valence-corrected chi connectivity index (χ3v) is 27.6. The molecule has 1 aromatic carbocycles. The van der Waals surface area contributed by atoms with Gasteiger partial charge in [0.05, 0.1) is 41.7 Å². The van der Waals surface area contributed by atoms with E-state index < -0.39 is 34.8 Å². The smallest absolute Gasteiger partial charge is 0.192 e. The van der Waals surface area contributed by atoms with E-state index in [1.165, 1.54) is 0 Å². The van der Waals surface area contributed by atoms with Gasteiger partial charge in [0, 0.05) is 19.6 Å². The predicted octanol–water partition coefficient (Wildman–Crippen LogP) is 9.71. The Balaban J connectivity index is 2.41. The second-order valence-electron chi connectivity index (χ2n) is 17.3. The molecule has 0 aromatic heterocycles. The van der Waals surface area contributed by atoms with Crippen LogP contribution in [0.4, 0.5) is 0 Å². The van der Waals surface area contributed by atoms with Gasteiger partial charge in [-0.25, -0.2) is 8.42 Å². The molecule has 0 amide bonds. The summed E-state index contributed by atoms with van der Waals surface area (Å²) in [7, 11) is -7.81. The first kappa shape index (κ1) is 43.8. The van der Waals surface area contributed by atoms with Gasteiger partial charge in [0.25, 0.3) is 0 Å². The first-order chi connectivity index (χ1) is 22.0. The standard InChI is InChI=1S/C37H72O7SSi3/c1-16-48(17-2,18-3)41-25-24-32-31(28-45(38,39)30-22-20-19-21-23-30)35(40-11)33(43-32)26-29(4)34(44-47(14,15)37(8,9)10)27-42-46(12,13)36(5,6)7/h19-23,29,31-35H,16-18,24-28H2,1-15H3/t29-,31+,32?,33?,34-,35-/m1/s1. The zero-order chi connectivity index (χ0) is 36.8. The Bertz CT molecular complexity index is 1200. The lowest BCUT2D eigenvalue weighted by Gasteiger charge is -2.43. The number of methoxy groups -OCH3 is 1. The topological polar surface area (TPSA) is 80.3 Å². The Kier molecular flexibility index (Phi) is 15.9.